The normalized spacial score (nSPS) is 10.4. The summed E-state index contributed by atoms with van der Waals surface area (Å²) in [5.74, 6) is -0.638. The van der Waals surface area contributed by atoms with E-state index in [1.807, 2.05) is 0 Å². The van der Waals surface area contributed by atoms with Gasteiger partial charge in [-0.2, -0.15) is 0 Å². The van der Waals surface area contributed by atoms with E-state index < -0.39 is 16.6 Å². The van der Waals surface area contributed by atoms with Gasteiger partial charge in [-0.1, -0.05) is 32.6 Å². The fourth-order valence-electron chi connectivity index (χ4n) is 2.52. The molecule has 0 unspecified atom stereocenters. The Morgan fingerprint density at radius 1 is 1.11 bits per heavy atom. The van der Waals surface area contributed by atoms with E-state index in [4.69, 9.17) is 4.74 Å². The van der Waals surface area contributed by atoms with Crippen molar-refractivity contribution in [2.75, 3.05) is 11.9 Å². The number of nitrogens with zero attached hydrogens (tertiary/aromatic N) is 1. The molecule has 0 heterocycles. The van der Waals surface area contributed by atoms with Gasteiger partial charge in [-0.05, 0) is 36.8 Å². The molecule has 2 aromatic rings. The molecule has 0 aliphatic carbocycles. The van der Waals surface area contributed by atoms with Gasteiger partial charge in [0.15, 0.2) is 0 Å². The van der Waals surface area contributed by atoms with Crippen LogP contribution in [0.5, 0.6) is 5.75 Å². The van der Waals surface area contributed by atoms with Gasteiger partial charge < -0.3 is 10.1 Å². The molecule has 1 amide bonds. The van der Waals surface area contributed by atoms with E-state index in [9.17, 15) is 19.3 Å². The van der Waals surface area contributed by atoms with Crippen LogP contribution in [0.4, 0.5) is 15.8 Å². The van der Waals surface area contributed by atoms with Crippen LogP contribution in [0.15, 0.2) is 42.5 Å². The van der Waals surface area contributed by atoms with Crippen molar-refractivity contribution in [2.45, 2.75) is 39.0 Å². The number of ether oxygens (including phenoxy) is 1. The minimum absolute atomic E-state index is 0.235. The Morgan fingerprint density at radius 3 is 2.48 bits per heavy atom. The van der Waals surface area contributed by atoms with Crippen molar-refractivity contribution < 1.29 is 18.8 Å². The van der Waals surface area contributed by atoms with Crippen molar-refractivity contribution >= 4 is 17.3 Å². The molecule has 27 heavy (non-hydrogen) atoms. The Bertz CT molecular complexity index is 778. The SMILES string of the molecule is CCCCCCCOc1ccc(C(=O)Nc2cc([N+](=O)[O-])ccc2F)cc1. The smallest absolute Gasteiger partial charge is 0.271 e. The van der Waals surface area contributed by atoms with Gasteiger partial charge in [-0.25, -0.2) is 4.39 Å². The summed E-state index contributed by atoms with van der Waals surface area (Å²) in [6.07, 6.45) is 5.74. The van der Waals surface area contributed by atoms with Crippen molar-refractivity contribution in [1.82, 2.24) is 0 Å². The first kappa shape index (κ1) is 20.4. The van der Waals surface area contributed by atoms with Crippen LogP contribution in [-0.2, 0) is 0 Å². The first-order chi connectivity index (χ1) is 13.0. The van der Waals surface area contributed by atoms with Crippen molar-refractivity contribution in [2.24, 2.45) is 0 Å². The van der Waals surface area contributed by atoms with E-state index in [0.29, 0.717) is 17.9 Å². The van der Waals surface area contributed by atoms with Crippen LogP contribution in [0.1, 0.15) is 49.4 Å². The monoisotopic (exact) mass is 374 g/mol. The minimum atomic E-state index is -0.739. The zero-order valence-corrected chi connectivity index (χ0v) is 15.2. The number of unbranched alkanes of at least 4 members (excludes halogenated alkanes) is 4. The maximum atomic E-state index is 13.8. The Hall–Kier alpha value is -2.96. The highest BCUT2D eigenvalue weighted by Gasteiger charge is 2.14. The van der Waals surface area contributed by atoms with Gasteiger partial charge in [0, 0.05) is 17.7 Å². The van der Waals surface area contributed by atoms with Crippen molar-refractivity contribution in [3.8, 4) is 5.75 Å². The Kier molecular flexibility index (Phi) is 7.73. The van der Waals surface area contributed by atoms with Crippen LogP contribution in [0, 0.1) is 15.9 Å². The lowest BCUT2D eigenvalue weighted by Gasteiger charge is -2.08. The number of carbonyl (C=O) groups excluding carboxylic acids is 1. The molecule has 1 N–H and O–H groups in total. The highest BCUT2D eigenvalue weighted by atomic mass is 19.1. The topological polar surface area (TPSA) is 81.5 Å². The predicted octanol–water partition coefficient (Wildman–Crippen LogP) is 5.34. The molecule has 0 spiro atoms. The second kappa shape index (κ2) is 10.3. The maximum absolute atomic E-state index is 13.8. The van der Waals surface area contributed by atoms with Gasteiger partial charge in [-0.3, -0.25) is 14.9 Å². The fourth-order valence-corrected chi connectivity index (χ4v) is 2.52. The summed E-state index contributed by atoms with van der Waals surface area (Å²) in [7, 11) is 0. The molecule has 7 heteroatoms. The number of nitro groups is 1. The molecule has 0 aromatic heterocycles. The average Bonchev–Trinajstić information content (AvgIpc) is 2.66. The lowest BCUT2D eigenvalue weighted by molar-refractivity contribution is -0.384. The van der Waals surface area contributed by atoms with E-state index >= 15 is 0 Å². The summed E-state index contributed by atoms with van der Waals surface area (Å²) in [5, 5.41) is 13.1. The number of carbonyl (C=O) groups is 1. The summed E-state index contributed by atoms with van der Waals surface area (Å²) < 4.78 is 19.4. The molecular formula is C20H23FN2O4. The standard InChI is InChI=1S/C20H23FN2O4/c1-2-3-4-5-6-13-27-17-10-7-15(8-11-17)20(24)22-19-14-16(23(25)26)9-12-18(19)21/h7-12,14H,2-6,13H2,1H3,(H,22,24). The van der Waals surface area contributed by atoms with Crippen molar-refractivity contribution in [3.63, 3.8) is 0 Å². The van der Waals surface area contributed by atoms with E-state index in [2.05, 4.69) is 12.2 Å². The lowest BCUT2D eigenvalue weighted by atomic mass is 10.1. The third-order valence-corrected chi connectivity index (χ3v) is 4.04. The van der Waals surface area contributed by atoms with E-state index in [1.54, 1.807) is 24.3 Å². The van der Waals surface area contributed by atoms with Crippen LogP contribution in [0.3, 0.4) is 0 Å². The number of amides is 1. The number of anilines is 1. The Balaban J connectivity index is 1.90. The number of benzene rings is 2. The Morgan fingerprint density at radius 2 is 1.81 bits per heavy atom. The number of halogens is 1. The first-order valence-electron chi connectivity index (χ1n) is 8.99. The molecule has 2 aromatic carbocycles. The van der Waals surface area contributed by atoms with Gasteiger partial charge in [-0.15, -0.1) is 0 Å². The summed E-state index contributed by atoms with van der Waals surface area (Å²) in [6.45, 7) is 2.79. The van der Waals surface area contributed by atoms with Crippen LogP contribution in [-0.4, -0.2) is 17.4 Å². The molecule has 0 aliphatic heterocycles. The first-order valence-corrected chi connectivity index (χ1v) is 8.99. The number of non-ortho nitro benzene ring substituents is 1. The predicted molar refractivity (Wildman–Crippen MR) is 102 cm³/mol. The number of nitrogens with one attached hydrogen (secondary N) is 1. The molecule has 0 fully saturated rings. The second-order valence-corrected chi connectivity index (χ2v) is 6.16. The van der Waals surface area contributed by atoms with E-state index in [-0.39, 0.29) is 11.4 Å². The number of rotatable bonds is 10. The zero-order valence-electron chi connectivity index (χ0n) is 15.2. The van der Waals surface area contributed by atoms with E-state index in [1.165, 1.54) is 19.3 Å². The summed E-state index contributed by atoms with van der Waals surface area (Å²) in [5.41, 5.74) is -0.229. The second-order valence-electron chi connectivity index (χ2n) is 6.16. The van der Waals surface area contributed by atoms with Gasteiger partial charge >= 0.3 is 0 Å². The molecule has 2 rings (SSSR count). The van der Waals surface area contributed by atoms with E-state index in [0.717, 1.165) is 31.0 Å². The minimum Gasteiger partial charge on any atom is -0.494 e. The van der Waals surface area contributed by atoms with Crippen molar-refractivity contribution in [1.29, 1.82) is 0 Å². The Labute approximate surface area is 157 Å². The third-order valence-electron chi connectivity index (χ3n) is 4.04. The van der Waals surface area contributed by atoms with Gasteiger partial charge in [0.25, 0.3) is 11.6 Å². The summed E-state index contributed by atoms with van der Waals surface area (Å²) >= 11 is 0. The number of nitro benzene ring substituents is 1. The van der Waals surface area contributed by atoms with Gasteiger partial charge in [0.05, 0.1) is 17.2 Å². The average molecular weight is 374 g/mol. The number of hydrogen-bond donors (Lipinski definition) is 1. The van der Waals surface area contributed by atoms with Gasteiger partial charge in [0.2, 0.25) is 0 Å². The van der Waals surface area contributed by atoms with Crippen LogP contribution < -0.4 is 10.1 Å². The van der Waals surface area contributed by atoms with Crippen molar-refractivity contribution in [3.05, 3.63) is 64.0 Å². The molecule has 0 radical (unpaired) electrons. The molecular weight excluding hydrogens is 351 g/mol. The molecule has 0 saturated heterocycles. The largest absolute Gasteiger partial charge is 0.494 e. The zero-order chi connectivity index (χ0) is 19.6. The molecule has 0 aliphatic rings. The molecule has 0 saturated carbocycles. The van der Waals surface area contributed by atoms with Crippen LogP contribution in [0.2, 0.25) is 0 Å². The highest BCUT2D eigenvalue weighted by molar-refractivity contribution is 6.04. The summed E-state index contributed by atoms with van der Waals surface area (Å²) in [4.78, 5) is 22.4. The lowest BCUT2D eigenvalue weighted by Crippen LogP contribution is -2.13. The molecule has 6 nitrogen and oxygen atoms in total. The molecule has 144 valence electrons. The van der Waals surface area contributed by atoms with Crippen LogP contribution in [0.25, 0.3) is 0 Å². The molecule has 0 bridgehead atoms. The highest BCUT2D eigenvalue weighted by Crippen LogP contribution is 2.22. The maximum Gasteiger partial charge on any atom is 0.271 e. The van der Waals surface area contributed by atoms with Gasteiger partial charge in [0.1, 0.15) is 11.6 Å². The quantitative estimate of drug-likeness (QED) is 0.346. The van der Waals surface area contributed by atoms with Crippen LogP contribution >= 0.6 is 0 Å². The summed E-state index contributed by atoms with van der Waals surface area (Å²) in [6, 6.07) is 9.46. The fraction of sp³-hybridized carbons (Fsp3) is 0.350. The molecule has 0 atom stereocenters. The third kappa shape index (κ3) is 6.36. The number of hydrogen-bond acceptors (Lipinski definition) is 4.